The van der Waals surface area contributed by atoms with Gasteiger partial charge in [-0.2, -0.15) is 0 Å². The molecule has 0 bridgehead atoms. The van der Waals surface area contributed by atoms with Crippen molar-refractivity contribution in [2.45, 2.75) is 38.4 Å². The zero-order valence-corrected chi connectivity index (χ0v) is 14.6. The van der Waals surface area contributed by atoms with Crippen LogP contribution in [0.3, 0.4) is 0 Å². The van der Waals surface area contributed by atoms with Crippen LogP contribution in [0.1, 0.15) is 24.2 Å². The average Bonchev–Trinajstić information content (AvgIpc) is 3.11. The van der Waals surface area contributed by atoms with Gasteiger partial charge >= 0.3 is 17.9 Å². The number of benzene rings is 1. The van der Waals surface area contributed by atoms with E-state index in [2.05, 4.69) is 10.0 Å². The van der Waals surface area contributed by atoms with Crippen LogP contribution in [0.25, 0.3) is 10.4 Å². The molecule has 1 aliphatic heterocycles. The van der Waals surface area contributed by atoms with Crippen LogP contribution in [0.2, 0.25) is 0 Å². The molecule has 1 saturated heterocycles. The van der Waals surface area contributed by atoms with Gasteiger partial charge in [0.25, 0.3) is 0 Å². The first kappa shape index (κ1) is 18.7. The van der Waals surface area contributed by atoms with Crippen LogP contribution >= 0.6 is 0 Å². The van der Waals surface area contributed by atoms with Crippen LogP contribution in [-0.4, -0.2) is 49.1 Å². The molecule has 1 saturated carbocycles. The minimum atomic E-state index is -1.17. The summed E-state index contributed by atoms with van der Waals surface area (Å²) in [6.45, 7) is 2.22. The van der Waals surface area contributed by atoms with Crippen molar-refractivity contribution in [3.8, 4) is 0 Å². The molecule has 2 fully saturated rings. The van der Waals surface area contributed by atoms with Gasteiger partial charge in [0.15, 0.2) is 6.10 Å². The fraction of sp³-hybridized carbons (Fsp3) is 0.471. The quantitative estimate of drug-likeness (QED) is 0.243. The van der Waals surface area contributed by atoms with Gasteiger partial charge < -0.3 is 18.9 Å². The fourth-order valence-electron chi connectivity index (χ4n) is 3.33. The first-order valence-electron chi connectivity index (χ1n) is 8.17. The number of hydrogen-bond donors (Lipinski definition) is 0. The number of carbonyl (C=O) groups is 3. The predicted octanol–water partition coefficient (Wildman–Crippen LogP) is 1.74. The van der Waals surface area contributed by atoms with Gasteiger partial charge in [0.05, 0.1) is 11.0 Å². The third-order valence-electron chi connectivity index (χ3n) is 4.51. The highest BCUT2D eigenvalue weighted by Crippen LogP contribution is 2.61. The molecule has 142 valence electrons. The van der Waals surface area contributed by atoms with Gasteiger partial charge in [-0.25, -0.2) is 4.79 Å². The topological polar surface area (TPSA) is 137 Å². The lowest BCUT2D eigenvalue weighted by Crippen LogP contribution is -2.42. The number of fused-ring (bicyclic) bond motifs is 1. The molecule has 10 nitrogen and oxygen atoms in total. The van der Waals surface area contributed by atoms with Gasteiger partial charge in [0, 0.05) is 25.3 Å². The summed E-state index contributed by atoms with van der Waals surface area (Å²) in [5, 5.41) is 3.55. The Labute approximate surface area is 154 Å². The number of nitrogens with zero attached hydrogens (tertiary/aromatic N) is 3. The van der Waals surface area contributed by atoms with Crippen LogP contribution in [0.15, 0.2) is 35.4 Å². The normalized spacial score (nSPS) is 30.4. The average molecular weight is 375 g/mol. The Balaban J connectivity index is 1.84. The Hall–Kier alpha value is -3.10. The first-order chi connectivity index (χ1) is 12.9. The van der Waals surface area contributed by atoms with Crippen LogP contribution < -0.4 is 0 Å². The van der Waals surface area contributed by atoms with E-state index in [0.29, 0.717) is 5.56 Å². The van der Waals surface area contributed by atoms with Crippen molar-refractivity contribution in [1.29, 1.82) is 0 Å². The lowest BCUT2D eigenvalue weighted by atomic mass is 9.99. The Bertz CT molecular complexity index is 808. The summed E-state index contributed by atoms with van der Waals surface area (Å²) < 4.78 is 21.5. The molecule has 1 aromatic rings. The molecule has 2 aliphatic rings. The summed E-state index contributed by atoms with van der Waals surface area (Å²) in [5.41, 5.74) is 7.93. The van der Waals surface area contributed by atoms with Crippen LogP contribution in [0.5, 0.6) is 0 Å². The second-order valence-electron chi connectivity index (χ2n) is 6.26. The summed E-state index contributed by atoms with van der Waals surface area (Å²) in [4.78, 5) is 37.9. The molecule has 0 amide bonds. The molecule has 1 heterocycles. The summed E-state index contributed by atoms with van der Waals surface area (Å²) in [7, 11) is 0. The Morgan fingerprint density at radius 3 is 2.37 bits per heavy atom. The van der Waals surface area contributed by atoms with Crippen molar-refractivity contribution < 1.29 is 33.3 Å². The smallest absolute Gasteiger partial charge is 0.338 e. The van der Waals surface area contributed by atoms with E-state index < -0.39 is 47.9 Å². The second kappa shape index (κ2) is 7.26. The maximum atomic E-state index is 12.4. The van der Waals surface area contributed by atoms with Crippen molar-refractivity contribution in [1.82, 2.24) is 0 Å². The molecular weight excluding hydrogens is 358 g/mol. The Morgan fingerprint density at radius 1 is 1.11 bits per heavy atom. The van der Waals surface area contributed by atoms with E-state index in [1.165, 1.54) is 13.8 Å². The molecule has 0 aromatic heterocycles. The number of hydrogen-bond acceptors (Lipinski definition) is 8. The van der Waals surface area contributed by atoms with E-state index in [-0.39, 0.29) is 6.54 Å². The standard InChI is InChI=1S/C17H17N3O7/c1-9(21)24-14-16(25-10(2)22)27-13-12(17(13,14)8-19-20-18)26-15(23)11-6-4-3-5-7-11/h3-7,12-14,16H,8H2,1-2H3/t12?,13-,14+,16?,17+/m1/s1. The van der Waals surface area contributed by atoms with E-state index in [1.54, 1.807) is 30.3 Å². The molecular formula is C17H17N3O7. The van der Waals surface area contributed by atoms with Gasteiger partial charge in [-0.05, 0) is 17.7 Å². The molecule has 0 N–H and O–H groups in total. The zero-order chi connectivity index (χ0) is 19.6. The molecule has 0 spiro atoms. The van der Waals surface area contributed by atoms with Gasteiger partial charge in [0.2, 0.25) is 6.29 Å². The summed E-state index contributed by atoms with van der Waals surface area (Å²) >= 11 is 0. The first-order valence-corrected chi connectivity index (χ1v) is 8.17. The van der Waals surface area contributed by atoms with Gasteiger partial charge in [-0.3, -0.25) is 9.59 Å². The van der Waals surface area contributed by atoms with Crippen molar-refractivity contribution in [2.24, 2.45) is 10.5 Å². The molecule has 3 rings (SSSR count). The number of rotatable bonds is 6. The number of ether oxygens (including phenoxy) is 4. The molecule has 0 radical (unpaired) electrons. The fourth-order valence-corrected chi connectivity index (χ4v) is 3.33. The lowest BCUT2D eigenvalue weighted by molar-refractivity contribution is -0.206. The highest BCUT2D eigenvalue weighted by molar-refractivity contribution is 5.89. The number of carbonyl (C=O) groups excluding carboxylic acids is 3. The molecule has 1 aromatic carbocycles. The highest BCUT2D eigenvalue weighted by Gasteiger charge is 2.80. The Kier molecular flexibility index (Phi) is 5.02. The van der Waals surface area contributed by atoms with Crippen LogP contribution in [-0.2, 0) is 28.5 Å². The van der Waals surface area contributed by atoms with Crippen molar-refractivity contribution in [3.05, 3.63) is 46.3 Å². The van der Waals surface area contributed by atoms with Crippen molar-refractivity contribution in [3.63, 3.8) is 0 Å². The molecule has 27 heavy (non-hydrogen) atoms. The zero-order valence-electron chi connectivity index (χ0n) is 14.6. The van der Waals surface area contributed by atoms with Crippen LogP contribution in [0.4, 0.5) is 0 Å². The predicted molar refractivity (Wildman–Crippen MR) is 88.1 cm³/mol. The summed E-state index contributed by atoms with van der Waals surface area (Å²) in [6.07, 6.45) is -3.78. The monoisotopic (exact) mass is 375 g/mol. The van der Waals surface area contributed by atoms with E-state index in [9.17, 15) is 14.4 Å². The SMILES string of the molecule is CC(=O)OC1O[C@@H]2C(OC(=O)c3ccccc3)[C@]2(CN=[N+]=[N-])[C@H]1OC(C)=O. The summed E-state index contributed by atoms with van der Waals surface area (Å²) in [5.74, 6) is -1.86. The maximum Gasteiger partial charge on any atom is 0.338 e. The van der Waals surface area contributed by atoms with Crippen molar-refractivity contribution >= 4 is 17.9 Å². The minimum absolute atomic E-state index is 0.156. The van der Waals surface area contributed by atoms with Gasteiger partial charge in [0.1, 0.15) is 12.2 Å². The van der Waals surface area contributed by atoms with Gasteiger partial charge in [-0.1, -0.05) is 23.3 Å². The number of esters is 3. The van der Waals surface area contributed by atoms with Crippen LogP contribution in [0, 0.1) is 5.41 Å². The second-order valence-corrected chi connectivity index (χ2v) is 6.26. The molecule has 2 unspecified atom stereocenters. The molecule has 1 aliphatic carbocycles. The Morgan fingerprint density at radius 2 is 1.78 bits per heavy atom. The third kappa shape index (κ3) is 3.44. The molecule has 10 heteroatoms. The number of azide groups is 1. The largest absolute Gasteiger partial charge is 0.455 e. The summed E-state index contributed by atoms with van der Waals surface area (Å²) in [6, 6.07) is 8.32. The van der Waals surface area contributed by atoms with Gasteiger partial charge in [-0.15, -0.1) is 0 Å². The van der Waals surface area contributed by atoms with E-state index in [4.69, 9.17) is 24.5 Å². The van der Waals surface area contributed by atoms with E-state index in [0.717, 1.165) is 0 Å². The lowest BCUT2D eigenvalue weighted by Gasteiger charge is -2.27. The minimum Gasteiger partial charge on any atom is -0.455 e. The van der Waals surface area contributed by atoms with Crippen molar-refractivity contribution in [2.75, 3.05) is 6.54 Å². The highest BCUT2D eigenvalue weighted by atomic mass is 16.7. The van der Waals surface area contributed by atoms with E-state index in [1.807, 2.05) is 0 Å². The maximum absolute atomic E-state index is 12.4. The third-order valence-corrected chi connectivity index (χ3v) is 4.51. The van der Waals surface area contributed by atoms with E-state index >= 15 is 0 Å². The molecule has 5 atom stereocenters.